The van der Waals surface area contributed by atoms with Crippen molar-refractivity contribution in [1.29, 1.82) is 0 Å². The molecule has 0 atom stereocenters. The number of ether oxygens (including phenoxy) is 4. The fourth-order valence-corrected chi connectivity index (χ4v) is 7.22. The summed E-state index contributed by atoms with van der Waals surface area (Å²) in [6.07, 6.45) is 2.31. The molecule has 0 aliphatic rings. The van der Waals surface area contributed by atoms with E-state index in [1.54, 1.807) is 0 Å². The van der Waals surface area contributed by atoms with E-state index in [2.05, 4.69) is 40.5 Å². The molecular formula is C32H42N10O16S4. The van der Waals surface area contributed by atoms with Crippen molar-refractivity contribution >= 4 is 87.8 Å². The van der Waals surface area contributed by atoms with E-state index >= 15 is 0 Å². The Balaban J connectivity index is 1.66. The SMILES string of the molecule is COCCOc1nc(Nc2ccc(/C=C/c3ccc(Nc4nc(OCCOC)nc(N(C)CCS(=O)(=O)O)n4)cc3S(=O)(=O)O)c(S(=O)(=O)O)c2)nc(N(C)CCS(=O)(=O)O)n1. The van der Waals surface area contributed by atoms with Gasteiger partial charge in [-0.05, 0) is 35.4 Å². The first-order valence-corrected chi connectivity index (χ1v) is 23.6. The van der Waals surface area contributed by atoms with E-state index in [1.165, 1.54) is 62.4 Å². The summed E-state index contributed by atoms with van der Waals surface area (Å²) in [5, 5.41) is 5.52. The Labute approximate surface area is 356 Å². The van der Waals surface area contributed by atoms with Gasteiger partial charge in [0.2, 0.25) is 23.8 Å². The van der Waals surface area contributed by atoms with Crippen molar-refractivity contribution in [1.82, 2.24) is 29.9 Å². The summed E-state index contributed by atoms with van der Waals surface area (Å²) in [4.78, 5) is 26.1. The van der Waals surface area contributed by atoms with E-state index in [9.17, 15) is 42.8 Å². The highest BCUT2D eigenvalue weighted by Gasteiger charge is 2.21. The minimum absolute atomic E-state index is 0.00833. The number of hydrogen-bond donors (Lipinski definition) is 6. The molecule has 0 saturated carbocycles. The second-order valence-electron chi connectivity index (χ2n) is 12.6. The van der Waals surface area contributed by atoms with Crippen LogP contribution in [0.3, 0.4) is 0 Å². The van der Waals surface area contributed by atoms with Crippen LogP contribution in [0, 0.1) is 0 Å². The number of nitrogens with one attached hydrogen (secondary N) is 2. The molecule has 0 aliphatic carbocycles. The van der Waals surface area contributed by atoms with Crippen molar-refractivity contribution in [3.63, 3.8) is 0 Å². The zero-order valence-electron chi connectivity index (χ0n) is 33.2. The van der Waals surface area contributed by atoms with Crippen LogP contribution in [-0.4, -0.2) is 161 Å². The lowest BCUT2D eigenvalue weighted by atomic mass is 10.1. The van der Waals surface area contributed by atoms with Crippen LogP contribution in [0.5, 0.6) is 12.0 Å². The number of aromatic nitrogens is 6. The predicted molar refractivity (Wildman–Crippen MR) is 222 cm³/mol. The number of benzene rings is 2. The highest BCUT2D eigenvalue weighted by molar-refractivity contribution is 7.86. The van der Waals surface area contributed by atoms with Crippen molar-refractivity contribution in [2.24, 2.45) is 0 Å². The molecule has 6 N–H and O–H groups in total. The molecule has 0 spiro atoms. The molecule has 0 amide bonds. The molecule has 0 unspecified atom stereocenters. The highest BCUT2D eigenvalue weighted by Crippen LogP contribution is 2.29. The number of hydrogen-bond acceptors (Lipinski definition) is 22. The summed E-state index contributed by atoms with van der Waals surface area (Å²) in [5.41, 5.74) is -0.239. The van der Waals surface area contributed by atoms with Gasteiger partial charge in [-0.1, -0.05) is 24.3 Å². The first kappa shape index (κ1) is 49.2. The van der Waals surface area contributed by atoms with Gasteiger partial charge in [-0.3, -0.25) is 18.2 Å². The lowest BCUT2D eigenvalue weighted by Crippen LogP contribution is -2.27. The fraction of sp³-hybridized carbons (Fsp3) is 0.375. The molecule has 4 aromatic rings. The third-order valence-electron chi connectivity index (χ3n) is 7.83. The molecule has 0 aliphatic heterocycles. The monoisotopic (exact) mass is 950 g/mol. The third kappa shape index (κ3) is 15.8. The molecule has 0 fully saturated rings. The van der Waals surface area contributed by atoms with E-state index in [-0.39, 0.29) is 97.8 Å². The van der Waals surface area contributed by atoms with Crippen LogP contribution in [0.15, 0.2) is 46.2 Å². The minimum Gasteiger partial charge on any atom is -0.461 e. The van der Waals surface area contributed by atoms with E-state index in [4.69, 9.17) is 28.1 Å². The number of rotatable bonds is 24. The second-order valence-corrected chi connectivity index (χ2v) is 18.5. The molecular weight excluding hydrogens is 909 g/mol. The highest BCUT2D eigenvalue weighted by atomic mass is 32.2. The van der Waals surface area contributed by atoms with Crippen LogP contribution in [0.1, 0.15) is 11.1 Å². The van der Waals surface area contributed by atoms with E-state index in [0.29, 0.717) is 0 Å². The van der Waals surface area contributed by atoms with Gasteiger partial charge in [0, 0.05) is 52.8 Å². The van der Waals surface area contributed by atoms with Gasteiger partial charge in [-0.2, -0.15) is 63.6 Å². The van der Waals surface area contributed by atoms with Crippen LogP contribution in [0.25, 0.3) is 12.2 Å². The maximum Gasteiger partial charge on any atom is 0.323 e. The maximum atomic E-state index is 12.6. The molecule has 62 heavy (non-hydrogen) atoms. The molecule has 2 aromatic heterocycles. The van der Waals surface area contributed by atoms with Crippen molar-refractivity contribution < 1.29 is 70.8 Å². The molecule has 26 nitrogen and oxygen atoms in total. The fourth-order valence-electron chi connectivity index (χ4n) is 4.80. The Morgan fingerprint density at radius 2 is 0.935 bits per heavy atom. The smallest absolute Gasteiger partial charge is 0.323 e. The van der Waals surface area contributed by atoms with Gasteiger partial charge >= 0.3 is 12.0 Å². The standard InChI is InChI=1S/C32H42N10O16S4/c1-41(11-17-59(43,44)45)29-35-27(37-31(39-29)57-15-13-55-3)33-23-9-7-21(25(19-23)61(49,50)51)5-6-22-8-10-24(20-26(22)62(52,53)54)34-28-36-30(42(2)12-18-60(46,47)48)40-32(38-28)58-16-14-56-4/h5-10,19-20H,11-18H2,1-4H3,(H,43,44,45)(H,46,47,48)(H,49,50,51)(H,52,53,54)(H,33,35,37,39)(H,34,36,38,40)/b6-5+. The van der Waals surface area contributed by atoms with Crippen LogP contribution in [0.2, 0.25) is 0 Å². The molecule has 4 rings (SSSR count). The Hall–Kier alpha value is -5.44. The average Bonchev–Trinajstić information content (AvgIpc) is 3.17. The van der Waals surface area contributed by atoms with Crippen LogP contribution in [0.4, 0.5) is 35.2 Å². The summed E-state index contributed by atoms with van der Waals surface area (Å²) < 4.78 is 155. The summed E-state index contributed by atoms with van der Waals surface area (Å²) in [7, 11) is -12.9. The van der Waals surface area contributed by atoms with Gasteiger partial charge in [-0.15, -0.1) is 0 Å². The van der Waals surface area contributed by atoms with Gasteiger partial charge in [0.1, 0.15) is 23.0 Å². The summed E-state index contributed by atoms with van der Waals surface area (Å²) in [6.45, 7) is -0.151. The molecule has 2 aromatic carbocycles. The first-order chi connectivity index (χ1) is 28.9. The Morgan fingerprint density at radius 3 is 1.26 bits per heavy atom. The van der Waals surface area contributed by atoms with Gasteiger partial charge in [0.25, 0.3) is 40.5 Å². The predicted octanol–water partition coefficient (Wildman–Crippen LogP) is 0.906. The topological polar surface area (TPSA) is 362 Å². The van der Waals surface area contributed by atoms with E-state index < -0.39 is 61.8 Å². The third-order valence-corrected chi connectivity index (χ3v) is 11.0. The van der Waals surface area contributed by atoms with Crippen molar-refractivity contribution in [2.45, 2.75) is 9.79 Å². The molecule has 0 bridgehead atoms. The zero-order chi connectivity index (χ0) is 45.9. The normalized spacial score (nSPS) is 12.3. The lowest BCUT2D eigenvalue weighted by molar-refractivity contribution is 0.141. The molecule has 0 radical (unpaired) electrons. The van der Waals surface area contributed by atoms with Gasteiger partial charge in [0.05, 0.1) is 24.7 Å². The summed E-state index contributed by atoms with van der Waals surface area (Å²) in [5.74, 6) is -1.92. The van der Waals surface area contributed by atoms with Gasteiger partial charge in [-0.25, -0.2) is 0 Å². The van der Waals surface area contributed by atoms with Crippen LogP contribution in [-0.2, 0) is 49.9 Å². The maximum absolute atomic E-state index is 12.6. The lowest BCUT2D eigenvalue weighted by Gasteiger charge is -2.18. The van der Waals surface area contributed by atoms with Gasteiger partial charge < -0.3 is 39.4 Å². The quantitative estimate of drug-likeness (QED) is 0.0323. The molecule has 340 valence electrons. The Morgan fingerprint density at radius 1 is 0.565 bits per heavy atom. The van der Waals surface area contributed by atoms with Crippen LogP contribution >= 0.6 is 0 Å². The Bertz CT molecular complexity index is 2510. The van der Waals surface area contributed by atoms with Crippen molar-refractivity contribution in [3.8, 4) is 12.0 Å². The molecule has 2 heterocycles. The zero-order valence-corrected chi connectivity index (χ0v) is 36.4. The minimum atomic E-state index is -4.96. The number of anilines is 6. The average molecular weight is 951 g/mol. The van der Waals surface area contributed by atoms with Gasteiger partial charge in [0.15, 0.2) is 0 Å². The van der Waals surface area contributed by atoms with Crippen molar-refractivity contribution in [2.75, 3.05) is 99.8 Å². The van der Waals surface area contributed by atoms with Crippen molar-refractivity contribution in [3.05, 3.63) is 47.5 Å². The number of nitrogens with zero attached hydrogens (tertiary/aromatic N) is 8. The molecule has 0 saturated heterocycles. The first-order valence-electron chi connectivity index (χ1n) is 17.5. The number of methoxy groups -OCH3 is 2. The van der Waals surface area contributed by atoms with Crippen LogP contribution < -0.4 is 29.9 Å². The van der Waals surface area contributed by atoms with E-state index in [1.807, 2.05) is 0 Å². The molecule has 30 heteroatoms. The second kappa shape index (κ2) is 21.1. The summed E-state index contributed by atoms with van der Waals surface area (Å²) >= 11 is 0. The summed E-state index contributed by atoms with van der Waals surface area (Å²) in [6, 6.07) is 6.79. The van der Waals surface area contributed by atoms with E-state index in [0.717, 1.165) is 24.3 Å². The largest absolute Gasteiger partial charge is 0.461 e. The Kier molecular flexibility index (Phi) is 16.7.